The number of aliphatic hydroxyl groups excluding tert-OH is 4. The molecule has 0 radical (unpaired) electrons. The normalized spacial score (nSPS) is 19.5. The highest BCUT2D eigenvalue weighted by Crippen LogP contribution is 2.44. The van der Waals surface area contributed by atoms with Gasteiger partial charge in [0.2, 0.25) is 0 Å². The molecule has 2 aliphatic rings. The molecule has 8 atom stereocenters. The number of benzene rings is 6. The molecule has 11 rings (SSSR count). The Balaban J connectivity index is 0.958. The number of imidazole rings is 1. The average molecular weight is 1270 g/mol. The van der Waals surface area contributed by atoms with E-state index >= 15 is 0 Å². The molecule has 3 aromatic heterocycles. The maximum Gasteiger partial charge on any atom is 0.408 e. The second kappa shape index (κ2) is 28.1. The molecule has 9 aromatic rings. The van der Waals surface area contributed by atoms with E-state index < -0.39 is 90.1 Å². The fourth-order valence-corrected chi connectivity index (χ4v) is 12.4. The van der Waals surface area contributed by atoms with Gasteiger partial charge in [0.1, 0.15) is 77.0 Å². The van der Waals surface area contributed by atoms with Crippen LogP contribution in [0.15, 0.2) is 194 Å². The van der Waals surface area contributed by atoms with Crippen LogP contribution in [0.25, 0.3) is 11.2 Å². The van der Waals surface area contributed by atoms with Gasteiger partial charge in [0.15, 0.2) is 23.2 Å². The van der Waals surface area contributed by atoms with E-state index in [1.54, 1.807) is 41.2 Å². The van der Waals surface area contributed by atoms with Crippen molar-refractivity contribution in [3.8, 4) is 11.5 Å². The minimum Gasteiger partial charge on any atom is -0.497 e. The van der Waals surface area contributed by atoms with Crippen LogP contribution in [0.3, 0.4) is 0 Å². The number of hydrogen-bond acceptors (Lipinski definition) is 19. The van der Waals surface area contributed by atoms with Crippen molar-refractivity contribution in [1.82, 2.24) is 39.3 Å². The van der Waals surface area contributed by atoms with Crippen molar-refractivity contribution in [1.29, 1.82) is 0 Å². The number of nitrogens with one attached hydrogen (secondary N) is 3. The van der Waals surface area contributed by atoms with Crippen LogP contribution in [-0.4, -0.2) is 154 Å². The van der Waals surface area contributed by atoms with Crippen LogP contribution in [0, 0.1) is 0 Å². The summed E-state index contributed by atoms with van der Waals surface area (Å²) in [6.45, 7) is 4.40. The molecule has 2 saturated heterocycles. The molecule has 2 aliphatic heterocycles. The quantitative estimate of drug-likeness (QED) is 0.0259. The van der Waals surface area contributed by atoms with E-state index in [9.17, 15) is 39.9 Å². The number of hydrogen-bond donors (Lipinski definition) is 8. The van der Waals surface area contributed by atoms with Crippen molar-refractivity contribution >= 4 is 34.9 Å². The van der Waals surface area contributed by atoms with Crippen LogP contribution < -0.4 is 31.1 Å². The van der Waals surface area contributed by atoms with E-state index in [2.05, 4.69) is 20.9 Å². The Kier molecular flexibility index (Phi) is 19.6. The number of fused-ring (bicyclic) bond motifs is 1. The van der Waals surface area contributed by atoms with Crippen LogP contribution in [0.4, 0.5) is 16.4 Å². The summed E-state index contributed by atoms with van der Waals surface area (Å²) in [7, 11) is 3.19. The smallest absolute Gasteiger partial charge is 0.408 e. The maximum atomic E-state index is 14.6. The van der Waals surface area contributed by atoms with Crippen LogP contribution in [0.2, 0.25) is 0 Å². The number of carboxylic acid groups (broad SMARTS) is 1. The Morgan fingerprint density at radius 1 is 0.656 bits per heavy atom. The number of aliphatic carboxylic acids is 1. The van der Waals surface area contributed by atoms with Crippen molar-refractivity contribution in [2.75, 3.05) is 51.1 Å². The van der Waals surface area contributed by atoms with Gasteiger partial charge in [-0.15, -0.1) is 0 Å². The summed E-state index contributed by atoms with van der Waals surface area (Å²) < 4.78 is 32.2. The summed E-state index contributed by atoms with van der Waals surface area (Å²) in [5.74, 6) is 0.462. The van der Waals surface area contributed by atoms with Gasteiger partial charge in [0.05, 0.1) is 33.3 Å². The zero-order valence-corrected chi connectivity index (χ0v) is 52.1. The summed E-state index contributed by atoms with van der Waals surface area (Å²) >= 11 is 0. The number of aliphatic hydroxyl groups is 4. The SMILES string of the molecule is COc1ccc(C(Nc2nc(=O)n([C@@H]3C[C@H](O)[C@@H](CO)O3)cc2CCN(CC[C@H](NC(=O)OC(C)(C)C)C(=O)O)C[C@H]2O[C@@H](n3cnc4c(NC(c5ccccc5)(c5ccccc5)c5ccc(OC)cc5)ncnc43)[C@H](O)[C@@H]2O)(c2ccccc2)c2ccccc2)cc1. The Hall–Kier alpha value is -9.59. The number of rotatable bonds is 25. The summed E-state index contributed by atoms with van der Waals surface area (Å²) in [5, 5.41) is 65.9. The number of nitrogens with zero attached hydrogens (tertiary/aromatic N) is 7. The summed E-state index contributed by atoms with van der Waals surface area (Å²) in [4.78, 5) is 61.5. The lowest BCUT2D eigenvalue weighted by Gasteiger charge is -2.38. The Morgan fingerprint density at radius 3 is 1.66 bits per heavy atom. The molecular formula is C70H76N10O13. The lowest BCUT2D eigenvalue weighted by atomic mass is 9.77. The lowest BCUT2D eigenvalue weighted by molar-refractivity contribution is -0.139. The number of amides is 1. The highest BCUT2D eigenvalue weighted by molar-refractivity contribution is 5.84. The van der Waals surface area contributed by atoms with E-state index in [-0.39, 0.29) is 50.4 Å². The molecule has 2 fully saturated rings. The number of methoxy groups -OCH3 is 2. The van der Waals surface area contributed by atoms with Gasteiger partial charge in [-0.25, -0.2) is 29.3 Å². The average Bonchev–Trinajstić information content (AvgIpc) is 1.43. The van der Waals surface area contributed by atoms with E-state index in [0.29, 0.717) is 28.4 Å². The van der Waals surface area contributed by atoms with Gasteiger partial charge in [-0.3, -0.25) is 9.13 Å². The van der Waals surface area contributed by atoms with E-state index in [0.717, 1.165) is 33.4 Å². The number of aromatic nitrogens is 6. The summed E-state index contributed by atoms with van der Waals surface area (Å²) in [6, 6.07) is 53.0. The molecule has 5 heterocycles. The number of alkyl carbamates (subject to hydrolysis) is 1. The molecule has 6 aromatic carbocycles. The third-order valence-corrected chi connectivity index (χ3v) is 17.0. The van der Waals surface area contributed by atoms with Crippen LogP contribution in [0.1, 0.15) is 85.0 Å². The molecule has 1 amide bonds. The first-order chi connectivity index (χ1) is 44.9. The zero-order valence-electron chi connectivity index (χ0n) is 52.1. The first kappa shape index (κ1) is 64.9. The Labute approximate surface area is 537 Å². The van der Waals surface area contributed by atoms with Gasteiger partial charge in [0, 0.05) is 37.8 Å². The first-order valence-electron chi connectivity index (χ1n) is 30.7. The van der Waals surface area contributed by atoms with E-state index in [1.807, 2.05) is 175 Å². The van der Waals surface area contributed by atoms with Crippen molar-refractivity contribution < 1.29 is 58.8 Å². The predicted octanol–water partition coefficient (Wildman–Crippen LogP) is 7.38. The fraction of sp³-hybridized carbons (Fsp3) is 0.329. The standard InChI is InChI=1S/C70H76N10O13/c1-68(2,3)93-67(88)74-53(65(85)86)35-37-78(36-34-44-39-79(57-38-54(82)56(41-81)91-57)66(87)75-61(44)76-69(45-18-10-6-11-19-45,46-20-12-7-13-21-46)49-26-30-51(89-4)31-27-49)40-55-59(83)60(84)64(92-55)80-43-73-58-62(71-42-72-63(58)80)77-70(47-22-14-8-15-23-47,48-24-16-9-17-25-48)50-28-32-52(90-5)33-29-50/h6-33,39,42-43,53-57,59-60,64,81-84H,34-38,40-41H2,1-5H3,(H,74,88)(H,85,86)(H,71,72,77)(H,75,76,87)/t53-,54-,55+,56+,57-,59+,60+,64+/m0/s1. The van der Waals surface area contributed by atoms with Gasteiger partial charge < -0.3 is 70.1 Å². The Bertz CT molecular complexity index is 3950. The number of ether oxygens (including phenoxy) is 5. The molecule has 93 heavy (non-hydrogen) atoms. The van der Waals surface area contributed by atoms with Crippen molar-refractivity contribution in [3.63, 3.8) is 0 Å². The van der Waals surface area contributed by atoms with Crippen LogP contribution in [-0.2, 0) is 36.5 Å². The highest BCUT2D eigenvalue weighted by atomic mass is 16.6. The van der Waals surface area contributed by atoms with Crippen LogP contribution >= 0.6 is 0 Å². The molecule has 0 unspecified atom stereocenters. The fourth-order valence-electron chi connectivity index (χ4n) is 12.4. The molecule has 23 heteroatoms. The minimum absolute atomic E-state index is 0.0293. The van der Waals surface area contributed by atoms with Gasteiger partial charge in [-0.2, -0.15) is 4.98 Å². The molecule has 23 nitrogen and oxygen atoms in total. The number of anilines is 2. The molecule has 0 spiro atoms. The Morgan fingerprint density at radius 2 is 1.17 bits per heavy atom. The first-order valence-corrected chi connectivity index (χ1v) is 30.7. The minimum atomic E-state index is -1.55. The van der Waals surface area contributed by atoms with Crippen molar-refractivity contribution in [3.05, 3.63) is 238 Å². The number of carbonyl (C=O) groups excluding carboxylic acids is 1. The largest absolute Gasteiger partial charge is 0.497 e. The van der Waals surface area contributed by atoms with Gasteiger partial charge in [0.25, 0.3) is 0 Å². The van der Waals surface area contributed by atoms with E-state index in [1.165, 1.54) is 21.8 Å². The molecule has 0 aliphatic carbocycles. The number of carbonyl (C=O) groups is 2. The molecule has 484 valence electrons. The zero-order chi connectivity index (χ0) is 65.4. The topological polar surface area (TPSA) is 299 Å². The molecule has 0 bridgehead atoms. The maximum absolute atomic E-state index is 14.6. The van der Waals surface area contributed by atoms with Gasteiger partial charge in [-0.05, 0) is 91.3 Å². The third-order valence-electron chi connectivity index (χ3n) is 17.0. The number of carboxylic acids is 1. The lowest BCUT2D eigenvalue weighted by Crippen LogP contribution is -2.47. The molecular weight excluding hydrogens is 1190 g/mol. The van der Waals surface area contributed by atoms with Gasteiger partial charge >= 0.3 is 17.8 Å². The van der Waals surface area contributed by atoms with E-state index in [4.69, 9.17) is 38.6 Å². The highest BCUT2D eigenvalue weighted by Gasteiger charge is 2.46. The second-order valence-corrected chi connectivity index (χ2v) is 24.1. The summed E-state index contributed by atoms with van der Waals surface area (Å²) in [6.07, 6.45) is -5.19. The molecule has 0 saturated carbocycles. The third kappa shape index (κ3) is 13.8. The van der Waals surface area contributed by atoms with Crippen LogP contribution in [0.5, 0.6) is 11.5 Å². The predicted molar refractivity (Wildman–Crippen MR) is 346 cm³/mol. The molecule has 8 N–H and O–H groups in total. The van der Waals surface area contributed by atoms with Gasteiger partial charge in [-0.1, -0.05) is 146 Å². The summed E-state index contributed by atoms with van der Waals surface area (Å²) in [5.41, 5.74) is 2.09. The van der Waals surface area contributed by atoms with Crippen molar-refractivity contribution in [2.45, 2.75) is 106 Å². The monoisotopic (exact) mass is 1260 g/mol. The van der Waals surface area contributed by atoms with Crippen molar-refractivity contribution in [2.24, 2.45) is 0 Å². The second-order valence-electron chi connectivity index (χ2n) is 24.1.